The second kappa shape index (κ2) is 3.92. The molecule has 3 heteroatoms. The average molecular weight is 179 g/mol. The Labute approximate surface area is 78.7 Å². The Morgan fingerprint density at radius 1 is 1.38 bits per heavy atom. The average Bonchev–Trinajstić information content (AvgIpc) is 2.71. The van der Waals surface area contributed by atoms with E-state index in [1.165, 1.54) is 31.4 Å². The van der Waals surface area contributed by atoms with Crippen molar-refractivity contribution in [2.45, 2.75) is 31.6 Å². The van der Waals surface area contributed by atoms with Crippen LogP contribution in [0.5, 0.6) is 0 Å². The van der Waals surface area contributed by atoms with Crippen molar-refractivity contribution < 1.29 is 0 Å². The van der Waals surface area contributed by atoms with E-state index in [1.807, 2.05) is 6.20 Å². The molecule has 72 valence electrons. The monoisotopic (exact) mass is 179 g/mol. The van der Waals surface area contributed by atoms with Gasteiger partial charge in [-0.1, -0.05) is 0 Å². The molecule has 1 heterocycles. The lowest BCUT2D eigenvalue weighted by atomic mass is 9.81. The summed E-state index contributed by atoms with van der Waals surface area (Å²) in [5, 5.41) is 7.05. The summed E-state index contributed by atoms with van der Waals surface area (Å²) in [4.78, 5) is 0. The summed E-state index contributed by atoms with van der Waals surface area (Å²) in [6, 6.07) is 2.09. The highest BCUT2D eigenvalue weighted by Gasteiger charge is 2.21. The molecule has 0 spiro atoms. The number of H-pyrrole nitrogens is 1. The normalized spacial score (nSPS) is 29.0. The van der Waals surface area contributed by atoms with Crippen LogP contribution in [0, 0.1) is 5.92 Å². The second-order valence-electron chi connectivity index (χ2n) is 3.97. The van der Waals surface area contributed by atoms with Crippen molar-refractivity contribution in [1.82, 2.24) is 10.2 Å². The van der Waals surface area contributed by atoms with Gasteiger partial charge >= 0.3 is 0 Å². The van der Waals surface area contributed by atoms with Gasteiger partial charge in [0.05, 0.1) is 0 Å². The van der Waals surface area contributed by atoms with Crippen LogP contribution in [0.4, 0.5) is 0 Å². The molecule has 1 fully saturated rings. The van der Waals surface area contributed by atoms with Gasteiger partial charge in [-0.05, 0) is 44.2 Å². The molecule has 0 bridgehead atoms. The van der Waals surface area contributed by atoms with Crippen LogP contribution in [0.1, 0.15) is 37.3 Å². The van der Waals surface area contributed by atoms with Crippen molar-refractivity contribution in [3.8, 4) is 0 Å². The fourth-order valence-electron chi connectivity index (χ4n) is 2.20. The molecule has 0 unspecified atom stereocenters. The lowest BCUT2D eigenvalue weighted by Gasteiger charge is -2.26. The lowest BCUT2D eigenvalue weighted by molar-refractivity contribution is 0.329. The van der Waals surface area contributed by atoms with Gasteiger partial charge in [-0.15, -0.1) is 0 Å². The smallest absolute Gasteiger partial charge is 0.0490 e. The van der Waals surface area contributed by atoms with Gasteiger partial charge in [0.2, 0.25) is 0 Å². The molecule has 1 saturated carbocycles. The molecule has 1 aromatic heterocycles. The van der Waals surface area contributed by atoms with E-state index in [0.29, 0.717) is 5.92 Å². The van der Waals surface area contributed by atoms with Crippen LogP contribution in [0.15, 0.2) is 12.3 Å². The maximum Gasteiger partial charge on any atom is 0.0490 e. The summed E-state index contributed by atoms with van der Waals surface area (Å²) in [6.45, 7) is 0.857. The number of nitrogens with one attached hydrogen (secondary N) is 1. The predicted octanol–water partition coefficient (Wildman–Crippen LogP) is 1.64. The number of nitrogens with two attached hydrogens (primary N) is 1. The Morgan fingerprint density at radius 2 is 2.15 bits per heavy atom. The maximum absolute atomic E-state index is 5.65. The first-order chi connectivity index (χ1) is 6.40. The molecule has 0 amide bonds. The molecule has 1 aliphatic rings. The largest absolute Gasteiger partial charge is 0.330 e. The molecule has 3 nitrogen and oxygen atoms in total. The molecule has 2 rings (SSSR count). The van der Waals surface area contributed by atoms with Crippen LogP contribution in [0.3, 0.4) is 0 Å². The highest BCUT2D eigenvalue weighted by Crippen LogP contribution is 2.34. The number of aromatic amines is 1. The van der Waals surface area contributed by atoms with Gasteiger partial charge in [0.25, 0.3) is 0 Å². The van der Waals surface area contributed by atoms with Crippen molar-refractivity contribution in [3.63, 3.8) is 0 Å². The molecule has 0 aliphatic heterocycles. The van der Waals surface area contributed by atoms with Gasteiger partial charge < -0.3 is 5.73 Å². The highest BCUT2D eigenvalue weighted by atomic mass is 15.1. The van der Waals surface area contributed by atoms with E-state index in [-0.39, 0.29) is 0 Å². The quantitative estimate of drug-likeness (QED) is 0.725. The Hall–Kier alpha value is -0.830. The Bertz CT molecular complexity index is 235. The summed E-state index contributed by atoms with van der Waals surface area (Å²) in [5.74, 6) is 1.46. The van der Waals surface area contributed by atoms with E-state index in [9.17, 15) is 0 Å². The van der Waals surface area contributed by atoms with Crippen molar-refractivity contribution in [3.05, 3.63) is 18.0 Å². The van der Waals surface area contributed by atoms with E-state index in [4.69, 9.17) is 5.73 Å². The van der Waals surface area contributed by atoms with E-state index in [1.54, 1.807) is 0 Å². The molecule has 1 aliphatic carbocycles. The fraction of sp³-hybridized carbons (Fsp3) is 0.700. The third-order valence-corrected chi connectivity index (χ3v) is 3.14. The topological polar surface area (TPSA) is 54.7 Å². The first-order valence-electron chi connectivity index (χ1n) is 5.09. The van der Waals surface area contributed by atoms with Crippen LogP contribution in [0.25, 0.3) is 0 Å². The summed E-state index contributed by atoms with van der Waals surface area (Å²) >= 11 is 0. The third kappa shape index (κ3) is 1.91. The van der Waals surface area contributed by atoms with Gasteiger partial charge in [0.15, 0.2) is 0 Å². The highest BCUT2D eigenvalue weighted by molar-refractivity contribution is 5.06. The summed E-state index contributed by atoms with van der Waals surface area (Å²) in [5.41, 5.74) is 6.95. The van der Waals surface area contributed by atoms with E-state index >= 15 is 0 Å². The molecule has 3 N–H and O–H groups in total. The minimum atomic E-state index is 0.699. The van der Waals surface area contributed by atoms with Crippen molar-refractivity contribution in [2.75, 3.05) is 6.54 Å². The summed E-state index contributed by atoms with van der Waals surface area (Å²) in [7, 11) is 0. The first kappa shape index (κ1) is 8.75. The number of hydrogen-bond acceptors (Lipinski definition) is 2. The van der Waals surface area contributed by atoms with Crippen molar-refractivity contribution in [2.24, 2.45) is 11.7 Å². The Kier molecular flexibility index (Phi) is 2.64. The zero-order chi connectivity index (χ0) is 9.10. The molecule has 13 heavy (non-hydrogen) atoms. The molecule has 0 saturated heterocycles. The SMILES string of the molecule is NCC1CCC(c2ccn[nH]2)CC1. The number of aromatic nitrogens is 2. The third-order valence-electron chi connectivity index (χ3n) is 3.14. The second-order valence-corrected chi connectivity index (χ2v) is 3.97. The zero-order valence-corrected chi connectivity index (χ0v) is 7.87. The van der Waals surface area contributed by atoms with Gasteiger partial charge in [0, 0.05) is 17.8 Å². The number of hydrogen-bond donors (Lipinski definition) is 2. The molecular formula is C10H17N3. The van der Waals surface area contributed by atoms with Gasteiger partial charge in [-0.2, -0.15) is 5.10 Å². The molecule has 0 radical (unpaired) electrons. The van der Waals surface area contributed by atoms with Crippen LogP contribution in [-0.4, -0.2) is 16.7 Å². The van der Waals surface area contributed by atoms with Crippen LogP contribution >= 0.6 is 0 Å². The van der Waals surface area contributed by atoms with Crippen LogP contribution in [-0.2, 0) is 0 Å². The number of nitrogens with zero attached hydrogens (tertiary/aromatic N) is 1. The lowest BCUT2D eigenvalue weighted by Crippen LogP contribution is -2.20. The molecule has 1 aromatic rings. The van der Waals surface area contributed by atoms with Gasteiger partial charge in [0.1, 0.15) is 0 Å². The summed E-state index contributed by atoms with van der Waals surface area (Å²) in [6.07, 6.45) is 6.93. The molecular weight excluding hydrogens is 162 g/mol. The first-order valence-corrected chi connectivity index (χ1v) is 5.09. The minimum Gasteiger partial charge on any atom is -0.330 e. The van der Waals surface area contributed by atoms with Crippen LogP contribution in [0.2, 0.25) is 0 Å². The Morgan fingerprint density at radius 3 is 2.69 bits per heavy atom. The summed E-state index contributed by atoms with van der Waals surface area (Å²) < 4.78 is 0. The van der Waals surface area contributed by atoms with Gasteiger partial charge in [-0.25, -0.2) is 0 Å². The zero-order valence-electron chi connectivity index (χ0n) is 7.87. The van der Waals surface area contributed by atoms with Gasteiger partial charge in [-0.3, -0.25) is 5.10 Å². The fourth-order valence-corrected chi connectivity index (χ4v) is 2.20. The minimum absolute atomic E-state index is 0.699. The van der Waals surface area contributed by atoms with E-state index < -0.39 is 0 Å². The van der Waals surface area contributed by atoms with E-state index in [0.717, 1.165) is 12.5 Å². The molecule has 0 atom stereocenters. The predicted molar refractivity (Wildman–Crippen MR) is 52.3 cm³/mol. The number of rotatable bonds is 2. The Balaban J connectivity index is 1.92. The van der Waals surface area contributed by atoms with E-state index in [2.05, 4.69) is 16.3 Å². The van der Waals surface area contributed by atoms with Crippen molar-refractivity contribution in [1.29, 1.82) is 0 Å². The van der Waals surface area contributed by atoms with Crippen LogP contribution < -0.4 is 5.73 Å². The standard InChI is InChI=1S/C10H17N3/c11-7-8-1-3-9(4-2-8)10-5-6-12-13-10/h5-6,8-9H,1-4,7,11H2,(H,12,13). The molecule has 0 aromatic carbocycles. The maximum atomic E-state index is 5.65. The van der Waals surface area contributed by atoms with Crippen molar-refractivity contribution >= 4 is 0 Å².